The van der Waals surface area contributed by atoms with E-state index in [9.17, 15) is 0 Å². The minimum absolute atomic E-state index is 0.441. The summed E-state index contributed by atoms with van der Waals surface area (Å²) in [6, 6.07) is 12.3. The molecule has 2 rings (SSSR count). The molecule has 21 heavy (non-hydrogen) atoms. The summed E-state index contributed by atoms with van der Waals surface area (Å²) >= 11 is 17.5. The molecule has 2 aromatic rings. The van der Waals surface area contributed by atoms with Crippen LogP contribution in [0.1, 0.15) is 19.4 Å². The third-order valence-electron chi connectivity index (χ3n) is 2.84. The van der Waals surface area contributed by atoms with E-state index in [0.717, 1.165) is 20.9 Å². The lowest BCUT2D eigenvalue weighted by Gasteiger charge is -2.13. The maximum atomic E-state index is 6.25. The average molecular weight is 405 g/mol. The van der Waals surface area contributed by atoms with E-state index >= 15 is 0 Å². The molecule has 0 aliphatic heterocycles. The fourth-order valence-corrected chi connectivity index (χ4v) is 3.64. The number of benzene rings is 2. The molecular weight excluding hydrogens is 389 g/mol. The third-order valence-corrected chi connectivity index (χ3v) is 5.18. The van der Waals surface area contributed by atoms with Gasteiger partial charge in [0.1, 0.15) is 0 Å². The van der Waals surface area contributed by atoms with E-state index in [1.807, 2.05) is 18.2 Å². The van der Waals surface area contributed by atoms with Crippen molar-refractivity contribution in [1.29, 1.82) is 0 Å². The van der Waals surface area contributed by atoms with Crippen LogP contribution in [-0.2, 0) is 6.54 Å². The van der Waals surface area contributed by atoms with E-state index in [1.54, 1.807) is 17.8 Å². The Morgan fingerprint density at radius 3 is 2.57 bits per heavy atom. The molecule has 0 fully saturated rings. The molecule has 2 aromatic carbocycles. The summed E-state index contributed by atoms with van der Waals surface area (Å²) < 4.78 is 1.07. The molecule has 0 saturated carbocycles. The van der Waals surface area contributed by atoms with Gasteiger partial charge in [-0.1, -0.05) is 64.7 Å². The molecule has 0 saturated heterocycles. The Kier molecular flexibility index (Phi) is 6.45. The second-order valence-corrected chi connectivity index (χ2v) is 7.81. The van der Waals surface area contributed by atoms with Crippen molar-refractivity contribution in [3.05, 3.63) is 56.5 Å². The van der Waals surface area contributed by atoms with Crippen LogP contribution in [0.25, 0.3) is 0 Å². The van der Waals surface area contributed by atoms with Crippen LogP contribution in [0.3, 0.4) is 0 Å². The lowest BCUT2D eigenvalue weighted by Crippen LogP contribution is -2.22. The van der Waals surface area contributed by atoms with E-state index in [-0.39, 0.29) is 0 Å². The zero-order chi connectivity index (χ0) is 15.4. The first-order valence-corrected chi connectivity index (χ1v) is 8.97. The van der Waals surface area contributed by atoms with Gasteiger partial charge in [0.15, 0.2) is 0 Å². The van der Waals surface area contributed by atoms with Gasteiger partial charge in [-0.3, -0.25) is 0 Å². The summed E-state index contributed by atoms with van der Waals surface area (Å²) in [7, 11) is 0. The Balaban J connectivity index is 2.28. The van der Waals surface area contributed by atoms with Crippen molar-refractivity contribution in [3.63, 3.8) is 0 Å². The molecule has 0 amide bonds. The summed E-state index contributed by atoms with van der Waals surface area (Å²) in [5.41, 5.74) is 1.24. The molecule has 0 aliphatic carbocycles. The SMILES string of the molecule is CC(C)NCc1cc(Br)ccc1Sc1cc(Cl)ccc1Cl. The van der Waals surface area contributed by atoms with Crippen molar-refractivity contribution in [2.24, 2.45) is 0 Å². The highest BCUT2D eigenvalue weighted by Crippen LogP contribution is 2.37. The van der Waals surface area contributed by atoms with Crippen LogP contribution in [0.5, 0.6) is 0 Å². The Hall–Kier alpha value is -0.190. The summed E-state index contributed by atoms with van der Waals surface area (Å²) in [6.07, 6.45) is 0. The van der Waals surface area contributed by atoms with E-state index in [4.69, 9.17) is 23.2 Å². The number of hydrogen-bond acceptors (Lipinski definition) is 2. The molecule has 0 heterocycles. The van der Waals surface area contributed by atoms with Crippen LogP contribution in [0.4, 0.5) is 0 Å². The molecule has 0 unspecified atom stereocenters. The number of rotatable bonds is 5. The summed E-state index contributed by atoms with van der Waals surface area (Å²) in [5, 5.41) is 4.86. The van der Waals surface area contributed by atoms with Gasteiger partial charge in [0, 0.05) is 31.9 Å². The van der Waals surface area contributed by atoms with Gasteiger partial charge in [0.25, 0.3) is 0 Å². The first-order chi connectivity index (χ1) is 9.95. The number of nitrogens with one attached hydrogen (secondary N) is 1. The largest absolute Gasteiger partial charge is 0.310 e. The second-order valence-electron chi connectivity index (χ2n) is 4.96. The molecule has 1 N–H and O–H groups in total. The van der Waals surface area contributed by atoms with Crippen LogP contribution >= 0.6 is 50.9 Å². The minimum atomic E-state index is 0.441. The Morgan fingerprint density at radius 1 is 1.10 bits per heavy atom. The van der Waals surface area contributed by atoms with E-state index in [0.29, 0.717) is 11.1 Å². The van der Waals surface area contributed by atoms with Gasteiger partial charge in [-0.05, 0) is 42.0 Å². The fourth-order valence-electron chi connectivity index (χ4n) is 1.77. The smallest absolute Gasteiger partial charge is 0.0546 e. The molecule has 1 nitrogen and oxygen atoms in total. The van der Waals surface area contributed by atoms with Gasteiger partial charge in [-0.15, -0.1) is 0 Å². The van der Waals surface area contributed by atoms with Gasteiger partial charge in [0.05, 0.1) is 5.02 Å². The highest BCUT2D eigenvalue weighted by molar-refractivity contribution is 9.10. The van der Waals surface area contributed by atoms with Crippen molar-refractivity contribution < 1.29 is 0 Å². The third kappa shape index (κ3) is 5.19. The minimum Gasteiger partial charge on any atom is -0.310 e. The summed E-state index contributed by atoms with van der Waals surface area (Å²) in [4.78, 5) is 2.15. The predicted octanol–water partition coefficient (Wildman–Crippen LogP) is 6.41. The monoisotopic (exact) mass is 403 g/mol. The Bertz CT molecular complexity index is 632. The maximum absolute atomic E-state index is 6.25. The zero-order valence-corrected chi connectivity index (χ0v) is 15.7. The van der Waals surface area contributed by atoms with Gasteiger partial charge >= 0.3 is 0 Å². The highest BCUT2D eigenvalue weighted by atomic mass is 79.9. The van der Waals surface area contributed by atoms with Crippen LogP contribution in [0.2, 0.25) is 10.0 Å². The molecule has 0 radical (unpaired) electrons. The van der Waals surface area contributed by atoms with Crippen molar-refractivity contribution in [1.82, 2.24) is 5.32 Å². The van der Waals surface area contributed by atoms with Crippen molar-refractivity contribution in [2.45, 2.75) is 36.2 Å². The average Bonchev–Trinajstić information content (AvgIpc) is 2.43. The quantitative estimate of drug-likeness (QED) is 0.618. The zero-order valence-electron chi connectivity index (χ0n) is 11.8. The van der Waals surface area contributed by atoms with Crippen molar-refractivity contribution in [3.8, 4) is 0 Å². The van der Waals surface area contributed by atoms with Gasteiger partial charge in [-0.25, -0.2) is 0 Å². The molecule has 0 aromatic heterocycles. The summed E-state index contributed by atoms with van der Waals surface area (Å²) in [6.45, 7) is 5.09. The van der Waals surface area contributed by atoms with E-state index < -0.39 is 0 Å². The lowest BCUT2D eigenvalue weighted by atomic mass is 10.2. The molecule has 0 spiro atoms. The molecular formula is C16H16BrCl2NS. The second kappa shape index (κ2) is 7.89. The number of halogens is 3. The molecule has 5 heteroatoms. The molecule has 0 aliphatic rings. The van der Waals surface area contributed by atoms with Crippen LogP contribution < -0.4 is 5.32 Å². The Morgan fingerprint density at radius 2 is 1.86 bits per heavy atom. The van der Waals surface area contributed by atoms with E-state index in [1.165, 1.54) is 10.5 Å². The molecule has 0 bridgehead atoms. The van der Waals surface area contributed by atoms with Gasteiger partial charge in [-0.2, -0.15) is 0 Å². The highest BCUT2D eigenvalue weighted by Gasteiger charge is 2.09. The topological polar surface area (TPSA) is 12.0 Å². The summed E-state index contributed by atoms with van der Waals surface area (Å²) in [5.74, 6) is 0. The van der Waals surface area contributed by atoms with Crippen LogP contribution in [0.15, 0.2) is 50.7 Å². The Labute approximate surface area is 148 Å². The van der Waals surface area contributed by atoms with Crippen molar-refractivity contribution in [2.75, 3.05) is 0 Å². The maximum Gasteiger partial charge on any atom is 0.0546 e. The lowest BCUT2D eigenvalue weighted by molar-refractivity contribution is 0.584. The predicted molar refractivity (Wildman–Crippen MR) is 96.7 cm³/mol. The molecule has 0 atom stereocenters. The fraction of sp³-hybridized carbons (Fsp3) is 0.250. The van der Waals surface area contributed by atoms with Crippen LogP contribution in [-0.4, -0.2) is 6.04 Å². The van der Waals surface area contributed by atoms with Gasteiger partial charge in [0.2, 0.25) is 0 Å². The standard InChI is InChI=1S/C16H16BrCl2NS/c1-10(2)20-9-11-7-12(17)3-6-15(11)21-16-8-13(18)4-5-14(16)19/h3-8,10,20H,9H2,1-2H3. The van der Waals surface area contributed by atoms with Crippen LogP contribution in [0, 0.1) is 0 Å². The number of hydrogen-bond donors (Lipinski definition) is 1. The van der Waals surface area contributed by atoms with Gasteiger partial charge < -0.3 is 5.32 Å². The first-order valence-electron chi connectivity index (χ1n) is 6.60. The molecule has 112 valence electrons. The van der Waals surface area contributed by atoms with Crippen molar-refractivity contribution >= 4 is 50.9 Å². The normalized spacial score (nSPS) is 11.1. The van der Waals surface area contributed by atoms with E-state index in [2.05, 4.69) is 47.2 Å². The first kappa shape index (κ1) is 17.2.